The summed E-state index contributed by atoms with van der Waals surface area (Å²) in [6.07, 6.45) is 0.214. The zero-order valence-corrected chi connectivity index (χ0v) is 9.29. The fourth-order valence-corrected chi connectivity index (χ4v) is 2.46. The fraction of sp³-hybridized carbons (Fsp3) is 0.667. The third kappa shape index (κ3) is 5.47. The molecule has 0 aromatic heterocycles. The fourth-order valence-electron chi connectivity index (χ4n) is 0.437. The average Bonchev–Trinajstić information content (AvgIpc) is 2.00. The van der Waals surface area contributed by atoms with Crippen LogP contribution in [-0.4, -0.2) is 30.1 Å². The van der Waals surface area contributed by atoms with Crippen molar-refractivity contribution in [3.63, 3.8) is 0 Å². The summed E-state index contributed by atoms with van der Waals surface area (Å²) in [6.45, 7) is 7.19. The first-order chi connectivity index (χ1) is 5.52. The Morgan fingerprint density at radius 2 is 2.08 bits per heavy atom. The van der Waals surface area contributed by atoms with E-state index < -0.39 is 19.2 Å². The van der Waals surface area contributed by atoms with Crippen molar-refractivity contribution in [3.05, 3.63) is 12.3 Å². The predicted octanol–water partition coefficient (Wildman–Crippen LogP) is 0.406. The Bertz CT molecular complexity index is 224. The smallest absolute Gasteiger partial charge is 0.252 e. The maximum atomic E-state index is 10.8. The molecule has 0 spiro atoms. The van der Waals surface area contributed by atoms with E-state index in [0.29, 0.717) is 0 Å². The maximum Gasteiger partial charge on any atom is 0.399 e. The summed E-state index contributed by atoms with van der Waals surface area (Å²) in [7, 11) is -4.97. The Labute approximate surface area is 75.1 Å². The SMILES string of the molecule is C=C[SiH](C)COS(=O)(=O)OCC. The van der Waals surface area contributed by atoms with Crippen molar-refractivity contribution >= 4 is 19.2 Å². The van der Waals surface area contributed by atoms with E-state index in [0.717, 1.165) is 0 Å². The number of hydrogen-bond acceptors (Lipinski definition) is 4. The Balaban J connectivity index is 3.84. The van der Waals surface area contributed by atoms with Gasteiger partial charge in [-0.15, -0.1) is 12.3 Å². The van der Waals surface area contributed by atoms with Gasteiger partial charge in [0.05, 0.1) is 21.6 Å². The summed E-state index contributed by atoms with van der Waals surface area (Å²) in [6, 6.07) is 0. The molecular formula is C6H14O4SSi. The minimum atomic E-state index is -3.75. The largest absolute Gasteiger partial charge is 0.399 e. The molecule has 1 atom stereocenters. The van der Waals surface area contributed by atoms with Crippen molar-refractivity contribution in [2.45, 2.75) is 13.5 Å². The summed E-state index contributed by atoms with van der Waals surface area (Å²) < 4.78 is 30.5. The van der Waals surface area contributed by atoms with Gasteiger partial charge in [0.2, 0.25) is 0 Å². The second-order valence-corrected chi connectivity index (χ2v) is 6.36. The van der Waals surface area contributed by atoms with Gasteiger partial charge in [-0.25, -0.2) is 4.18 Å². The van der Waals surface area contributed by atoms with Gasteiger partial charge in [0.1, 0.15) is 0 Å². The maximum absolute atomic E-state index is 10.8. The molecule has 0 rings (SSSR count). The molecule has 0 aliphatic carbocycles. The van der Waals surface area contributed by atoms with Crippen LogP contribution in [0.1, 0.15) is 6.92 Å². The molecule has 4 nitrogen and oxygen atoms in total. The van der Waals surface area contributed by atoms with E-state index in [1.54, 1.807) is 12.6 Å². The summed E-state index contributed by atoms with van der Waals surface area (Å²) >= 11 is 0. The van der Waals surface area contributed by atoms with Gasteiger partial charge in [-0.2, -0.15) is 8.42 Å². The molecule has 0 saturated carbocycles. The summed E-state index contributed by atoms with van der Waals surface area (Å²) in [5.74, 6) is 0. The topological polar surface area (TPSA) is 52.6 Å². The van der Waals surface area contributed by atoms with Crippen LogP contribution in [0, 0.1) is 0 Å². The van der Waals surface area contributed by atoms with Crippen LogP contribution in [-0.2, 0) is 18.8 Å². The van der Waals surface area contributed by atoms with Crippen molar-refractivity contribution in [1.29, 1.82) is 0 Å². The minimum Gasteiger partial charge on any atom is -0.252 e. The second kappa shape index (κ2) is 5.47. The number of hydrogen-bond donors (Lipinski definition) is 0. The molecule has 0 N–H and O–H groups in total. The van der Waals surface area contributed by atoms with Gasteiger partial charge in [0.25, 0.3) is 0 Å². The molecule has 6 heteroatoms. The van der Waals surface area contributed by atoms with Crippen LogP contribution < -0.4 is 0 Å². The van der Waals surface area contributed by atoms with Gasteiger partial charge in [0.15, 0.2) is 0 Å². The van der Waals surface area contributed by atoms with Crippen molar-refractivity contribution < 1.29 is 16.8 Å². The molecule has 0 heterocycles. The van der Waals surface area contributed by atoms with Crippen molar-refractivity contribution in [2.75, 3.05) is 12.8 Å². The van der Waals surface area contributed by atoms with Gasteiger partial charge in [-0.1, -0.05) is 6.55 Å². The van der Waals surface area contributed by atoms with E-state index in [1.165, 1.54) is 0 Å². The highest BCUT2D eigenvalue weighted by atomic mass is 32.3. The summed E-state index contributed by atoms with van der Waals surface area (Å²) in [5.41, 5.74) is 1.75. The Kier molecular flexibility index (Phi) is 5.39. The molecule has 0 radical (unpaired) electrons. The van der Waals surface area contributed by atoms with Gasteiger partial charge in [0, 0.05) is 0 Å². The Morgan fingerprint density at radius 3 is 2.50 bits per heavy atom. The lowest BCUT2D eigenvalue weighted by atomic mass is 10.9. The van der Waals surface area contributed by atoms with Crippen LogP contribution in [0.3, 0.4) is 0 Å². The summed E-state index contributed by atoms with van der Waals surface area (Å²) in [4.78, 5) is 0. The van der Waals surface area contributed by atoms with E-state index in [4.69, 9.17) is 0 Å². The van der Waals surface area contributed by atoms with Gasteiger partial charge in [-0.05, 0) is 6.92 Å². The molecule has 0 fully saturated rings. The van der Waals surface area contributed by atoms with Gasteiger partial charge < -0.3 is 0 Å². The predicted molar refractivity (Wildman–Crippen MR) is 49.7 cm³/mol. The third-order valence-corrected chi connectivity index (χ3v) is 3.83. The first-order valence-electron chi connectivity index (χ1n) is 3.68. The lowest BCUT2D eigenvalue weighted by molar-refractivity contribution is 0.245. The molecule has 0 bridgehead atoms. The first-order valence-corrected chi connectivity index (χ1v) is 7.65. The second-order valence-electron chi connectivity index (χ2n) is 2.31. The molecule has 0 amide bonds. The van der Waals surface area contributed by atoms with Crippen LogP contribution >= 0.6 is 0 Å². The molecule has 0 aliphatic heterocycles. The number of rotatable bonds is 6. The molecule has 1 unspecified atom stereocenters. The zero-order valence-electron chi connectivity index (χ0n) is 7.32. The molecule has 0 saturated heterocycles. The van der Waals surface area contributed by atoms with E-state index in [1.807, 2.05) is 6.55 Å². The van der Waals surface area contributed by atoms with Crippen LogP contribution in [0.25, 0.3) is 0 Å². The zero-order chi connectivity index (χ0) is 9.61. The van der Waals surface area contributed by atoms with E-state index in [-0.39, 0.29) is 12.8 Å². The highest BCUT2D eigenvalue weighted by Crippen LogP contribution is 1.96. The normalized spacial score (nSPS) is 14.2. The highest BCUT2D eigenvalue weighted by Gasteiger charge is 2.11. The standard InChI is InChI=1S/C6H14O4SSi/c1-4-9-11(7,8)10-6-12(3)5-2/h5,12H,2,4,6H2,1,3H3. The van der Waals surface area contributed by atoms with Crippen LogP contribution in [0.15, 0.2) is 12.3 Å². The molecular weight excluding hydrogens is 196 g/mol. The Morgan fingerprint density at radius 1 is 1.50 bits per heavy atom. The Hall–Kier alpha value is -0.173. The lowest BCUT2D eigenvalue weighted by Gasteiger charge is -2.05. The van der Waals surface area contributed by atoms with E-state index >= 15 is 0 Å². The molecule has 72 valence electrons. The highest BCUT2D eigenvalue weighted by molar-refractivity contribution is 7.81. The van der Waals surface area contributed by atoms with Crippen molar-refractivity contribution in [3.8, 4) is 0 Å². The molecule has 0 aromatic carbocycles. The van der Waals surface area contributed by atoms with Crippen LogP contribution in [0.2, 0.25) is 6.55 Å². The van der Waals surface area contributed by atoms with E-state index in [9.17, 15) is 8.42 Å². The average molecular weight is 210 g/mol. The minimum absolute atomic E-state index is 0.104. The molecule has 0 aromatic rings. The first kappa shape index (κ1) is 11.8. The van der Waals surface area contributed by atoms with Crippen LogP contribution in [0.5, 0.6) is 0 Å². The molecule has 0 aliphatic rings. The lowest BCUT2D eigenvalue weighted by Crippen LogP contribution is -2.19. The molecule has 12 heavy (non-hydrogen) atoms. The van der Waals surface area contributed by atoms with E-state index in [2.05, 4.69) is 14.9 Å². The van der Waals surface area contributed by atoms with Gasteiger partial charge >= 0.3 is 10.4 Å². The van der Waals surface area contributed by atoms with Crippen LogP contribution in [0.4, 0.5) is 0 Å². The van der Waals surface area contributed by atoms with Gasteiger partial charge in [-0.3, -0.25) is 4.18 Å². The van der Waals surface area contributed by atoms with Crippen molar-refractivity contribution in [1.82, 2.24) is 0 Å². The quantitative estimate of drug-likeness (QED) is 0.596. The third-order valence-electron chi connectivity index (χ3n) is 1.14. The monoisotopic (exact) mass is 210 g/mol. The van der Waals surface area contributed by atoms with Crippen molar-refractivity contribution in [2.24, 2.45) is 0 Å². The summed E-state index contributed by atoms with van der Waals surface area (Å²) in [5, 5.41) is 0.